The van der Waals surface area contributed by atoms with Gasteiger partial charge in [0.1, 0.15) is 5.75 Å². The van der Waals surface area contributed by atoms with Gasteiger partial charge in [-0.15, -0.1) is 11.3 Å². The topological polar surface area (TPSA) is 96.1 Å². The van der Waals surface area contributed by atoms with Crippen molar-refractivity contribution >= 4 is 17.2 Å². The minimum atomic E-state index is -0.262. The summed E-state index contributed by atoms with van der Waals surface area (Å²) in [5, 5.41) is 2.89. The second kappa shape index (κ2) is 11.0. The molecule has 0 aliphatic carbocycles. The van der Waals surface area contributed by atoms with Gasteiger partial charge in [0.2, 0.25) is 11.5 Å². The van der Waals surface area contributed by atoms with Gasteiger partial charge in [-0.2, -0.15) is 0 Å². The average molecular weight is 472 g/mol. The largest absolute Gasteiger partial charge is 0.492 e. The molecule has 1 heterocycles. The Morgan fingerprint density at radius 1 is 1.06 bits per heavy atom. The van der Waals surface area contributed by atoms with Crippen LogP contribution in [0.25, 0.3) is 0 Å². The Morgan fingerprint density at radius 3 is 2.27 bits per heavy atom. The zero-order valence-electron chi connectivity index (χ0n) is 19.5. The molecule has 3 aromatic rings. The number of nitrogens with zero attached hydrogens (tertiary/aromatic N) is 2. The zero-order chi connectivity index (χ0) is 24.0. The van der Waals surface area contributed by atoms with E-state index in [1.165, 1.54) is 21.3 Å². The molecule has 0 fully saturated rings. The van der Waals surface area contributed by atoms with Gasteiger partial charge in [0.15, 0.2) is 11.5 Å². The highest BCUT2D eigenvalue weighted by molar-refractivity contribution is 7.09. The number of aryl methyl sites for hydroxylation is 1. The molecule has 1 amide bonds. The van der Waals surface area contributed by atoms with Crippen molar-refractivity contribution in [3.8, 4) is 28.7 Å². The van der Waals surface area contributed by atoms with E-state index in [0.717, 1.165) is 22.7 Å². The Balaban J connectivity index is 1.99. The molecule has 9 heteroatoms. The molecular formula is C24H29N3O5S. The summed E-state index contributed by atoms with van der Waals surface area (Å²) in [6, 6.07) is 9.20. The number of benzene rings is 2. The van der Waals surface area contributed by atoms with E-state index in [0.29, 0.717) is 35.9 Å². The van der Waals surface area contributed by atoms with Gasteiger partial charge in [0.25, 0.3) is 5.91 Å². The summed E-state index contributed by atoms with van der Waals surface area (Å²) in [5.41, 5.74) is 7.85. The van der Waals surface area contributed by atoms with Gasteiger partial charge in [0, 0.05) is 18.5 Å². The monoisotopic (exact) mass is 471 g/mol. The molecule has 33 heavy (non-hydrogen) atoms. The Bertz CT molecular complexity index is 1100. The molecule has 0 aliphatic heterocycles. The van der Waals surface area contributed by atoms with Gasteiger partial charge < -0.3 is 29.6 Å². The van der Waals surface area contributed by atoms with Gasteiger partial charge in [-0.1, -0.05) is 12.1 Å². The summed E-state index contributed by atoms with van der Waals surface area (Å²) in [6.07, 6.45) is 0.781. The van der Waals surface area contributed by atoms with Crippen LogP contribution >= 0.6 is 11.3 Å². The summed E-state index contributed by atoms with van der Waals surface area (Å²) in [7, 11) is 6.19. The second-order valence-electron chi connectivity index (χ2n) is 7.33. The van der Waals surface area contributed by atoms with Crippen molar-refractivity contribution in [3.63, 3.8) is 0 Å². The van der Waals surface area contributed by atoms with Crippen LogP contribution in [0.2, 0.25) is 0 Å². The number of carbonyl (C=O) groups is 1. The first-order valence-electron chi connectivity index (χ1n) is 10.4. The lowest BCUT2D eigenvalue weighted by Gasteiger charge is -2.22. The minimum Gasteiger partial charge on any atom is -0.492 e. The second-order valence-corrected chi connectivity index (χ2v) is 8.39. The van der Waals surface area contributed by atoms with Crippen molar-refractivity contribution in [3.05, 3.63) is 57.5 Å². The molecule has 3 rings (SSSR count). The van der Waals surface area contributed by atoms with Crippen molar-refractivity contribution in [1.29, 1.82) is 0 Å². The summed E-state index contributed by atoms with van der Waals surface area (Å²) >= 11 is 1.54. The number of hydrogen-bond acceptors (Lipinski definition) is 8. The Hall–Kier alpha value is -3.30. The normalized spacial score (nSPS) is 10.6. The van der Waals surface area contributed by atoms with E-state index in [-0.39, 0.29) is 17.4 Å². The fourth-order valence-electron chi connectivity index (χ4n) is 3.43. The highest BCUT2D eigenvalue weighted by atomic mass is 32.1. The maximum Gasteiger partial charge on any atom is 0.258 e. The first-order chi connectivity index (χ1) is 15.9. The van der Waals surface area contributed by atoms with Crippen LogP contribution in [0, 0.1) is 6.92 Å². The lowest BCUT2D eigenvalue weighted by Crippen LogP contribution is -2.27. The number of ether oxygens (including phenoxy) is 4. The molecule has 176 valence electrons. The summed E-state index contributed by atoms with van der Waals surface area (Å²) in [5.74, 6) is 1.54. The third-order valence-electron chi connectivity index (χ3n) is 5.00. The number of aromatic nitrogens is 1. The standard InChI is InChI=1S/C24H29N3O5S/c1-15-26-17(14-33-15)13-27(2)24(28)19-12-20(22(30-4)23(31-5)21(19)29-3)32-18-8-6-16(7-9-18)10-11-25/h6-9,12,14H,10-11,13,25H2,1-5H3. The number of carbonyl (C=O) groups excluding carboxylic acids is 1. The van der Waals surface area contributed by atoms with Gasteiger partial charge >= 0.3 is 0 Å². The predicted molar refractivity (Wildman–Crippen MR) is 128 cm³/mol. The first-order valence-corrected chi connectivity index (χ1v) is 11.3. The van der Waals surface area contributed by atoms with Crippen LogP contribution in [0.15, 0.2) is 35.7 Å². The molecule has 0 atom stereocenters. The molecule has 2 aromatic carbocycles. The SMILES string of the molecule is COc1c(Oc2ccc(CCN)cc2)cc(C(=O)N(C)Cc2csc(C)n2)c(OC)c1OC. The molecular weight excluding hydrogens is 442 g/mol. The maximum atomic E-state index is 13.4. The highest BCUT2D eigenvalue weighted by Crippen LogP contribution is 2.48. The molecule has 0 unspecified atom stereocenters. The Labute approximate surface area is 197 Å². The van der Waals surface area contributed by atoms with Crippen LogP contribution in [-0.4, -0.2) is 50.7 Å². The van der Waals surface area contributed by atoms with Crippen molar-refractivity contribution in [2.75, 3.05) is 34.9 Å². The van der Waals surface area contributed by atoms with E-state index in [1.807, 2.05) is 36.6 Å². The number of rotatable bonds is 10. The van der Waals surface area contributed by atoms with Crippen LogP contribution in [0.3, 0.4) is 0 Å². The molecule has 0 bridgehead atoms. The van der Waals surface area contributed by atoms with Gasteiger partial charge in [-0.3, -0.25) is 4.79 Å². The number of amides is 1. The Kier molecular flexibility index (Phi) is 8.13. The van der Waals surface area contributed by atoms with Crippen LogP contribution in [-0.2, 0) is 13.0 Å². The maximum absolute atomic E-state index is 13.4. The highest BCUT2D eigenvalue weighted by Gasteiger charge is 2.27. The van der Waals surface area contributed by atoms with E-state index in [4.69, 9.17) is 24.7 Å². The quantitative estimate of drug-likeness (QED) is 0.477. The smallest absolute Gasteiger partial charge is 0.258 e. The van der Waals surface area contributed by atoms with Crippen molar-refractivity contribution in [1.82, 2.24) is 9.88 Å². The van der Waals surface area contributed by atoms with Gasteiger partial charge in [0.05, 0.1) is 44.1 Å². The van der Waals surface area contributed by atoms with Crippen LogP contribution in [0.5, 0.6) is 28.7 Å². The minimum absolute atomic E-state index is 0.262. The third kappa shape index (κ3) is 5.55. The van der Waals surface area contributed by atoms with Crippen molar-refractivity contribution in [2.24, 2.45) is 5.73 Å². The molecule has 0 aliphatic rings. The molecule has 0 saturated heterocycles. The summed E-state index contributed by atoms with van der Waals surface area (Å²) in [6.45, 7) is 2.86. The third-order valence-corrected chi connectivity index (χ3v) is 5.82. The number of thiazole rings is 1. The molecule has 0 spiro atoms. The lowest BCUT2D eigenvalue weighted by atomic mass is 10.1. The zero-order valence-corrected chi connectivity index (χ0v) is 20.3. The predicted octanol–water partition coefficient (Wildman–Crippen LogP) is 4.04. The number of methoxy groups -OCH3 is 3. The number of hydrogen-bond donors (Lipinski definition) is 1. The van der Waals surface area contributed by atoms with Crippen molar-refractivity contribution in [2.45, 2.75) is 19.9 Å². The fraction of sp³-hybridized carbons (Fsp3) is 0.333. The Morgan fingerprint density at radius 2 is 1.73 bits per heavy atom. The van der Waals surface area contributed by atoms with E-state index in [9.17, 15) is 4.79 Å². The van der Waals surface area contributed by atoms with Crippen molar-refractivity contribution < 1.29 is 23.7 Å². The summed E-state index contributed by atoms with van der Waals surface area (Å²) < 4.78 is 22.8. The van der Waals surface area contributed by atoms with Crippen LogP contribution in [0.4, 0.5) is 0 Å². The lowest BCUT2D eigenvalue weighted by molar-refractivity contribution is 0.0779. The van der Waals surface area contributed by atoms with E-state index in [1.54, 1.807) is 29.4 Å². The molecule has 1 aromatic heterocycles. The van der Waals surface area contributed by atoms with Gasteiger partial charge in [-0.25, -0.2) is 4.98 Å². The summed E-state index contributed by atoms with van der Waals surface area (Å²) in [4.78, 5) is 19.4. The first kappa shape index (κ1) is 24.3. The molecule has 8 nitrogen and oxygen atoms in total. The molecule has 2 N–H and O–H groups in total. The van der Waals surface area contributed by atoms with E-state index in [2.05, 4.69) is 4.98 Å². The van der Waals surface area contributed by atoms with Crippen LogP contribution < -0.4 is 24.7 Å². The molecule has 0 radical (unpaired) electrons. The average Bonchev–Trinajstić information content (AvgIpc) is 3.23. The number of nitrogens with two attached hydrogens (primary N) is 1. The van der Waals surface area contributed by atoms with Crippen LogP contribution in [0.1, 0.15) is 26.6 Å². The van der Waals surface area contributed by atoms with E-state index < -0.39 is 0 Å². The van der Waals surface area contributed by atoms with E-state index >= 15 is 0 Å². The molecule has 0 saturated carbocycles. The van der Waals surface area contributed by atoms with Gasteiger partial charge in [-0.05, 0) is 37.6 Å². The fourth-order valence-corrected chi connectivity index (χ4v) is 4.04.